The first kappa shape index (κ1) is 18.3. The molecule has 1 aromatic rings. The van der Waals surface area contributed by atoms with Gasteiger partial charge in [-0.1, -0.05) is 0 Å². The minimum atomic E-state index is -4.40. The zero-order chi connectivity index (χ0) is 16.8. The number of hydrogen-bond donors (Lipinski definition) is 2. The van der Waals surface area contributed by atoms with Crippen LogP contribution in [0.4, 0.5) is 13.2 Å². The molecule has 0 unspecified atom stereocenters. The molecule has 0 radical (unpaired) electrons. The van der Waals surface area contributed by atoms with E-state index in [2.05, 4.69) is 15.6 Å². The Hall–Kier alpha value is -1.77. The lowest BCUT2D eigenvalue weighted by Crippen LogP contribution is -2.45. The Morgan fingerprint density at radius 2 is 2.05 bits per heavy atom. The molecule has 0 fully saturated rings. The molecule has 124 valence electrons. The second-order valence-electron chi connectivity index (χ2n) is 4.66. The molecule has 0 aliphatic rings. The molecule has 0 bridgehead atoms. The number of carbonyl (C=O) groups excluding carboxylic acids is 1. The van der Waals surface area contributed by atoms with Crippen LogP contribution in [0.25, 0.3) is 0 Å². The third kappa shape index (κ3) is 6.79. The number of guanidine groups is 1. The Labute approximate surface area is 131 Å². The van der Waals surface area contributed by atoms with Gasteiger partial charge in [-0.3, -0.25) is 9.79 Å². The molecule has 0 saturated heterocycles. The highest BCUT2D eigenvalue weighted by atomic mass is 32.1. The van der Waals surface area contributed by atoms with Crippen LogP contribution in [-0.2, 0) is 11.3 Å². The van der Waals surface area contributed by atoms with Gasteiger partial charge in [0.15, 0.2) is 5.96 Å². The zero-order valence-electron chi connectivity index (χ0n) is 12.6. The van der Waals surface area contributed by atoms with Crippen LogP contribution in [0.1, 0.15) is 9.75 Å². The van der Waals surface area contributed by atoms with Crippen molar-refractivity contribution >= 4 is 23.2 Å². The van der Waals surface area contributed by atoms with Gasteiger partial charge in [0, 0.05) is 23.8 Å². The van der Waals surface area contributed by atoms with E-state index in [0.29, 0.717) is 17.4 Å². The summed E-state index contributed by atoms with van der Waals surface area (Å²) in [6, 6.07) is 3.97. The van der Waals surface area contributed by atoms with Crippen LogP contribution in [0, 0.1) is 6.92 Å². The van der Waals surface area contributed by atoms with Crippen molar-refractivity contribution in [3.8, 4) is 0 Å². The molecular weight excluding hydrogens is 317 g/mol. The maximum absolute atomic E-state index is 12.2. The van der Waals surface area contributed by atoms with E-state index < -0.39 is 18.6 Å². The van der Waals surface area contributed by atoms with Crippen LogP contribution in [0.3, 0.4) is 0 Å². The second kappa shape index (κ2) is 8.02. The summed E-state index contributed by atoms with van der Waals surface area (Å²) in [5, 5.41) is 5.70. The molecule has 2 N–H and O–H groups in total. The maximum Gasteiger partial charge on any atom is 0.406 e. The first-order chi connectivity index (χ1) is 10.2. The number of halogens is 3. The largest absolute Gasteiger partial charge is 0.406 e. The molecule has 1 rings (SSSR count). The summed E-state index contributed by atoms with van der Waals surface area (Å²) in [5.41, 5.74) is 0. The molecule has 9 heteroatoms. The minimum Gasteiger partial charge on any atom is -0.352 e. The summed E-state index contributed by atoms with van der Waals surface area (Å²) in [6.07, 6.45) is -4.40. The van der Waals surface area contributed by atoms with Gasteiger partial charge in [0.25, 0.3) is 0 Å². The van der Waals surface area contributed by atoms with E-state index in [4.69, 9.17) is 0 Å². The van der Waals surface area contributed by atoms with Crippen molar-refractivity contribution in [1.29, 1.82) is 0 Å². The highest BCUT2D eigenvalue weighted by Gasteiger charge is 2.31. The summed E-state index contributed by atoms with van der Waals surface area (Å²) >= 11 is 1.63. The number of aliphatic imine (C=N–C) groups is 1. The van der Waals surface area contributed by atoms with Gasteiger partial charge in [-0.2, -0.15) is 13.2 Å². The van der Waals surface area contributed by atoms with E-state index in [9.17, 15) is 18.0 Å². The molecule has 22 heavy (non-hydrogen) atoms. The van der Waals surface area contributed by atoms with Crippen molar-refractivity contribution in [2.75, 3.05) is 27.2 Å². The third-order valence-electron chi connectivity index (χ3n) is 2.70. The molecule has 0 aliphatic carbocycles. The van der Waals surface area contributed by atoms with Crippen LogP contribution in [0.15, 0.2) is 17.1 Å². The smallest absolute Gasteiger partial charge is 0.352 e. The molecule has 0 aromatic carbocycles. The predicted molar refractivity (Wildman–Crippen MR) is 80.9 cm³/mol. The van der Waals surface area contributed by atoms with Gasteiger partial charge >= 0.3 is 6.18 Å². The first-order valence-corrected chi connectivity index (χ1v) is 7.33. The molecular formula is C13H19F3N4OS. The van der Waals surface area contributed by atoms with Crippen molar-refractivity contribution in [3.63, 3.8) is 0 Å². The topological polar surface area (TPSA) is 56.7 Å². The summed E-state index contributed by atoms with van der Waals surface area (Å²) < 4.78 is 36.6. The SMILES string of the molecule is CN=C(NCC(=O)N(C)CC(F)(F)F)NCc1ccc(C)s1. The average Bonchev–Trinajstić information content (AvgIpc) is 2.82. The van der Waals surface area contributed by atoms with Crippen molar-refractivity contribution in [2.45, 2.75) is 19.6 Å². The predicted octanol–water partition coefficient (Wildman–Crippen LogP) is 1.74. The first-order valence-electron chi connectivity index (χ1n) is 6.52. The van der Waals surface area contributed by atoms with Crippen LogP contribution in [0.5, 0.6) is 0 Å². The second-order valence-corrected chi connectivity index (χ2v) is 6.03. The fraction of sp³-hybridized carbons (Fsp3) is 0.538. The standard InChI is InChI=1S/C13H19F3N4OS/c1-9-4-5-10(22-9)6-18-12(17-2)19-7-11(21)20(3)8-13(14,15)16/h4-5H,6-8H2,1-3H3,(H2,17,18,19). The van der Waals surface area contributed by atoms with Crippen molar-refractivity contribution in [2.24, 2.45) is 4.99 Å². The average molecular weight is 336 g/mol. The van der Waals surface area contributed by atoms with Gasteiger partial charge in [-0.15, -0.1) is 11.3 Å². The number of alkyl halides is 3. The van der Waals surface area contributed by atoms with Crippen molar-refractivity contribution in [3.05, 3.63) is 21.9 Å². The normalized spacial score (nSPS) is 12.2. The zero-order valence-corrected chi connectivity index (χ0v) is 13.4. The maximum atomic E-state index is 12.2. The molecule has 0 atom stereocenters. The number of thiophene rings is 1. The number of likely N-dealkylation sites (N-methyl/N-ethyl adjacent to an activating group) is 1. The van der Waals surface area contributed by atoms with Crippen LogP contribution < -0.4 is 10.6 Å². The van der Waals surface area contributed by atoms with E-state index >= 15 is 0 Å². The highest BCUT2D eigenvalue weighted by Crippen LogP contribution is 2.15. The van der Waals surface area contributed by atoms with Gasteiger partial charge in [0.1, 0.15) is 6.54 Å². The summed E-state index contributed by atoms with van der Waals surface area (Å²) in [4.78, 5) is 18.4. The van der Waals surface area contributed by atoms with Crippen LogP contribution >= 0.6 is 11.3 Å². The van der Waals surface area contributed by atoms with Crippen LogP contribution in [-0.4, -0.2) is 50.1 Å². The van der Waals surface area contributed by atoms with E-state index in [1.165, 1.54) is 11.9 Å². The van der Waals surface area contributed by atoms with Gasteiger partial charge in [0.2, 0.25) is 5.91 Å². The Kier molecular flexibility index (Phi) is 6.66. The van der Waals surface area contributed by atoms with Crippen molar-refractivity contribution in [1.82, 2.24) is 15.5 Å². The van der Waals surface area contributed by atoms with Gasteiger partial charge in [-0.05, 0) is 19.1 Å². The lowest BCUT2D eigenvalue weighted by molar-refractivity contribution is -0.157. The van der Waals surface area contributed by atoms with E-state index in [1.54, 1.807) is 11.3 Å². The van der Waals surface area contributed by atoms with Gasteiger partial charge in [-0.25, -0.2) is 0 Å². The molecule has 1 heterocycles. The molecule has 1 amide bonds. The molecule has 0 saturated carbocycles. The number of carbonyl (C=O) groups is 1. The third-order valence-corrected chi connectivity index (χ3v) is 3.70. The highest BCUT2D eigenvalue weighted by molar-refractivity contribution is 7.11. The number of hydrogen-bond acceptors (Lipinski definition) is 3. The fourth-order valence-corrected chi connectivity index (χ4v) is 2.45. The molecule has 5 nitrogen and oxygen atoms in total. The minimum absolute atomic E-state index is 0.254. The molecule has 0 spiro atoms. The quantitative estimate of drug-likeness (QED) is 0.636. The summed E-state index contributed by atoms with van der Waals surface area (Å²) in [7, 11) is 2.64. The van der Waals surface area contributed by atoms with Gasteiger partial charge < -0.3 is 15.5 Å². The monoisotopic (exact) mass is 336 g/mol. The molecule has 0 aliphatic heterocycles. The summed E-state index contributed by atoms with van der Waals surface area (Å²) in [6.45, 7) is 1.00. The number of nitrogens with one attached hydrogen (secondary N) is 2. The fourth-order valence-electron chi connectivity index (χ4n) is 1.62. The number of amides is 1. The lowest BCUT2D eigenvalue weighted by atomic mass is 10.4. The van der Waals surface area contributed by atoms with E-state index in [1.807, 2.05) is 19.1 Å². The molecule has 1 aromatic heterocycles. The lowest BCUT2D eigenvalue weighted by Gasteiger charge is -2.19. The summed E-state index contributed by atoms with van der Waals surface area (Å²) in [5.74, 6) is -0.299. The van der Waals surface area contributed by atoms with Crippen LogP contribution in [0.2, 0.25) is 0 Å². The Morgan fingerprint density at radius 1 is 1.36 bits per heavy atom. The number of aryl methyl sites for hydroxylation is 1. The Morgan fingerprint density at radius 3 is 2.55 bits per heavy atom. The van der Waals surface area contributed by atoms with E-state index in [0.717, 1.165) is 11.9 Å². The number of rotatable bonds is 5. The Bertz CT molecular complexity index is 528. The van der Waals surface area contributed by atoms with Gasteiger partial charge in [0.05, 0.1) is 13.1 Å². The van der Waals surface area contributed by atoms with E-state index in [-0.39, 0.29) is 6.54 Å². The van der Waals surface area contributed by atoms with Crippen molar-refractivity contribution < 1.29 is 18.0 Å². The Balaban J connectivity index is 2.39. The number of nitrogens with zero attached hydrogens (tertiary/aromatic N) is 2.